The summed E-state index contributed by atoms with van der Waals surface area (Å²) < 4.78 is 15.1. The third kappa shape index (κ3) is 4.25. The van der Waals surface area contributed by atoms with Crippen molar-refractivity contribution in [3.63, 3.8) is 0 Å². The van der Waals surface area contributed by atoms with Crippen LogP contribution < -0.4 is 5.32 Å². The van der Waals surface area contributed by atoms with E-state index in [9.17, 15) is 9.18 Å². The maximum Gasteiger partial charge on any atom is 0.229 e. The molecule has 0 radical (unpaired) electrons. The second-order valence-corrected chi connectivity index (χ2v) is 8.59. The minimum absolute atomic E-state index is 0.122. The molecule has 5 rings (SSSR count). The van der Waals surface area contributed by atoms with Crippen LogP contribution in [0.5, 0.6) is 0 Å². The third-order valence-corrected chi connectivity index (χ3v) is 6.29. The summed E-state index contributed by atoms with van der Waals surface area (Å²) in [7, 11) is 0. The van der Waals surface area contributed by atoms with E-state index in [2.05, 4.69) is 26.7 Å². The van der Waals surface area contributed by atoms with Gasteiger partial charge in [0.25, 0.3) is 0 Å². The van der Waals surface area contributed by atoms with Gasteiger partial charge in [0.1, 0.15) is 11.3 Å². The number of amides is 1. The largest absolute Gasteiger partial charge is 0.300 e. The van der Waals surface area contributed by atoms with Gasteiger partial charge in [-0.3, -0.25) is 4.79 Å². The molecule has 8 heteroatoms. The number of aromatic nitrogens is 4. The van der Waals surface area contributed by atoms with Crippen molar-refractivity contribution in [2.24, 2.45) is 5.92 Å². The predicted octanol–water partition coefficient (Wildman–Crippen LogP) is 5.42. The molecule has 6 nitrogen and oxygen atoms in total. The van der Waals surface area contributed by atoms with Crippen LogP contribution in [0.1, 0.15) is 24.0 Å². The fourth-order valence-corrected chi connectivity index (χ4v) is 4.51. The van der Waals surface area contributed by atoms with Gasteiger partial charge in [-0.1, -0.05) is 54.7 Å². The van der Waals surface area contributed by atoms with Gasteiger partial charge in [-0.25, -0.2) is 9.07 Å². The lowest BCUT2D eigenvalue weighted by molar-refractivity contribution is -0.119. The molecular weight excluding hydrogens is 437 g/mol. The van der Waals surface area contributed by atoms with Crippen molar-refractivity contribution in [2.75, 3.05) is 5.32 Å². The molecule has 3 aromatic carbocycles. The fraction of sp³-hybridized carbons (Fsp3) is 0.120. The maximum absolute atomic E-state index is 13.3. The maximum atomic E-state index is 13.3. The van der Waals surface area contributed by atoms with E-state index in [1.807, 2.05) is 49.4 Å². The van der Waals surface area contributed by atoms with E-state index in [0.717, 1.165) is 27.7 Å². The molecule has 0 fully saturated rings. The minimum Gasteiger partial charge on any atom is -0.300 e. The SMILES string of the molecule is C[C@H](C(=O)Nc1nncs1)[C@H](c1ccccc1)c1ccc2c(cnn2-c2ccc(F)cc2)c1. The van der Waals surface area contributed by atoms with Crippen molar-refractivity contribution in [1.82, 2.24) is 20.0 Å². The van der Waals surface area contributed by atoms with E-state index in [1.54, 1.807) is 28.5 Å². The fourth-order valence-electron chi connectivity index (χ4n) is 4.06. The summed E-state index contributed by atoms with van der Waals surface area (Å²) in [6, 6.07) is 22.3. The van der Waals surface area contributed by atoms with Crippen molar-refractivity contribution in [1.29, 1.82) is 0 Å². The number of anilines is 1. The van der Waals surface area contributed by atoms with Gasteiger partial charge >= 0.3 is 0 Å². The first-order chi connectivity index (χ1) is 16.1. The number of carbonyl (C=O) groups is 1. The van der Waals surface area contributed by atoms with Gasteiger partial charge in [0, 0.05) is 17.2 Å². The molecule has 0 bridgehead atoms. The molecule has 1 N–H and O–H groups in total. The Hall–Kier alpha value is -3.91. The zero-order valence-corrected chi connectivity index (χ0v) is 18.5. The van der Waals surface area contributed by atoms with Gasteiger partial charge in [-0.05, 0) is 47.5 Å². The van der Waals surface area contributed by atoms with Crippen LogP contribution in [0.2, 0.25) is 0 Å². The highest BCUT2D eigenvalue weighted by atomic mass is 32.1. The van der Waals surface area contributed by atoms with Crippen molar-refractivity contribution < 1.29 is 9.18 Å². The molecule has 1 amide bonds. The number of hydrogen-bond donors (Lipinski definition) is 1. The van der Waals surface area contributed by atoms with Gasteiger partial charge in [0.2, 0.25) is 11.0 Å². The predicted molar refractivity (Wildman–Crippen MR) is 127 cm³/mol. The van der Waals surface area contributed by atoms with Crippen LogP contribution in [0, 0.1) is 11.7 Å². The lowest BCUT2D eigenvalue weighted by atomic mass is 9.81. The Morgan fingerprint density at radius 1 is 1.03 bits per heavy atom. The number of rotatable bonds is 6. The molecule has 33 heavy (non-hydrogen) atoms. The standard InChI is InChI=1S/C25H20FN5OS/c1-16(24(32)29-25-30-27-15-33-25)23(17-5-3-2-4-6-17)18-7-12-22-19(13-18)14-28-31(22)21-10-8-20(26)9-11-21/h2-16,23H,1H3,(H,29,30,32)/t16-,23+/m0/s1. The van der Waals surface area contributed by atoms with Crippen molar-refractivity contribution >= 4 is 33.3 Å². The molecule has 0 spiro atoms. The Labute approximate surface area is 193 Å². The highest BCUT2D eigenvalue weighted by Gasteiger charge is 2.28. The van der Waals surface area contributed by atoms with Gasteiger partial charge < -0.3 is 5.32 Å². The van der Waals surface area contributed by atoms with Crippen LogP contribution in [-0.2, 0) is 4.79 Å². The van der Waals surface area contributed by atoms with Crippen LogP contribution in [0.15, 0.2) is 84.5 Å². The quantitative estimate of drug-likeness (QED) is 0.369. The number of hydrogen-bond acceptors (Lipinski definition) is 5. The van der Waals surface area contributed by atoms with Crippen molar-refractivity contribution in [3.05, 3.63) is 101 Å². The molecule has 0 unspecified atom stereocenters. The van der Waals surface area contributed by atoms with Gasteiger partial charge in [-0.15, -0.1) is 10.2 Å². The summed E-state index contributed by atoms with van der Waals surface area (Å²) in [5.41, 5.74) is 5.32. The summed E-state index contributed by atoms with van der Waals surface area (Å²) in [5.74, 6) is -0.940. The first kappa shape index (κ1) is 21.0. The average Bonchev–Trinajstić information content (AvgIpc) is 3.50. The second-order valence-electron chi connectivity index (χ2n) is 7.76. The minimum atomic E-state index is -0.360. The lowest BCUT2D eigenvalue weighted by Crippen LogP contribution is -2.26. The molecule has 2 heterocycles. The molecule has 2 aromatic heterocycles. The summed E-state index contributed by atoms with van der Waals surface area (Å²) in [4.78, 5) is 13.1. The Kier molecular flexibility index (Phi) is 5.66. The number of fused-ring (bicyclic) bond motifs is 1. The lowest BCUT2D eigenvalue weighted by Gasteiger charge is -2.24. The smallest absolute Gasteiger partial charge is 0.229 e. The van der Waals surface area contributed by atoms with Crippen molar-refractivity contribution in [2.45, 2.75) is 12.8 Å². The summed E-state index contributed by atoms with van der Waals surface area (Å²) in [6.45, 7) is 1.92. The van der Waals surface area contributed by atoms with Gasteiger partial charge in [-0.2, -0.15) is 5.10 Å². The molecule has 0 aliphatic rings. The summed E-state index contributed by atoms with van der Waals surface area (Å²) in [5, 5.41) is 16.5. The monoisotopic (exact) mass is 457 g/mol. The van der Waals surface area contributed by atoms with Crippen molar-refractivity contribution in [3.8, 4) is 5.69 Å². The molecule has 164 valence electrons. The van der Waals surface area contributed by atoms with Crippen LogP contribution in [0.3, 0.4) is 0 Å². The number of nitrogens with one attached hydrogen (secondary N) is 1. The number of halogens is 1. The Morgan fingerprint density at radius 3 is 2.55 bits per heavy atom. The zero-order chi connectivity index (χ0) is 22.8. The number of carbonyl (C=O) groups excluding carboxylic acids is 1. The summed E-state index contributed by atoms with van der Waals surface area (Å²) >= 11 is 1.29. The highest BCUT2D eigenvalue weighted by Crippen LogP contribution is 2.35. The Bertz CT molecular complexity index is 1380. The number of nitrogens with zero attached hydrogens (tertiary/aromatic N) is 4. The third-order valence-electron chi connectivity index (χ3n) is 5.68. The first-order valence-electron chi connectivity index (χ1n) is 10.5. The van der Waals surface area contributed by atoms with Crippen LogP contribution in [0.4, 0.5) is 9.52 Å². The van der Waals surface area contributed by atoms with E-state index < -0.39 is 0 Å². The molecule has 0 aliphatic carbocycles. The van der Waals surface area contributed by atoms with E-state index in [4.69, 9.17) is 0 Å². The summed E-state index contributed by atoms with van der Waals surface area (Å²) in [6.07, 6.45) is 1.79. The number of benzene rings is 3. The zero-order valence-electron chi connectivity index (χ0n) is 17.7. The normalized spacial score (nSPS) is 13.0. The van der Waals surface area contributed by atoms with E-state index in [1.165, 1.54) is 23.5 Å². The molecular formula is C25H20FN5OS. The molecule has 0 saturated carbocycles. The average molecular weight is 458 g/mol. The Morgan fingerprint density at radius 2 is 1.82 bits per heavy atom. The first-order valence-corrected chi connectivity index (χ1v) is 11.3. The van der Waals surface area contributed by atoms with E-state index in [-0.39, 0.29) is 23.6 Å². The molecule has 0 aliphatic heterocycles. The van der Waals surface area contributed by atoms with Gasteiger partial charge in [0.05, 0.1) is 17.4 Å². The Balaban J connectivity index is 1.52. The highest BCUT2D eigenvalue weighted by molar-refractivity contribution is 7.13. The topological polar surface area (TPSA) is 72.7 Å². The van der Waals surface area contributed by atoms with Gasteiger partial charge in [0.15, 0.2) is 0 Å². The molecule has 5 aromatic rings. The van der Waals surface area contributed by atoms with Crippen LogP contribution in [-0.4, -0.2) is 25.9 Å². The second kappa shape index (κ2) is 8.91. The molecule has 0 saturated heterocycles. The molecule has 2 atom stereocenters. The van der Waals surface area contributed by atoms with Crippen LogP contribution in [0.25, 0.3) is 16.6 Å². The van der Waals surface area contributed by atoms with Crippen LogP contribution >= 0.6 is 11.3 Å². The van der Waals surface area contributed by atoms with E-state index in [0.29, 0.717) is 5.13 Å². The van der Waals surface area contributed by atoms with E-state index >= 15 is 0 Å².